The quantitative estimate of drug-likeness (QED) is 0.377. The summed E-state index contributed by atoms with van der Waals surface area (Å²) in [5.74, 6) is 0.489. The molecule has 0 radical (unpaired) electrons. The smallest absolute Gasteiger partial charge is 0.263 e. The summed E-state index contributed by atoms with van der Waals surface area (Å²) < 4.78 is 12.3. The van der Waals surface area contributed by atoms with Gasteiger partial charge in [-0.1, -0.05) is 54.7 Å². The number of nitrogens with zero attached hydrogens (tertiary/aromatic N) is 3. The van der Waals surface area contributed by atoms with E-state index in [2.05, 4.69) is 30.0 Å². The Kier molecular flexibility index (Phi) is 6.76. The molecule has 1 aliphatic rings. The van der Waals surface area contributed by atoms with Crippen LogP contribution in [-0.4, -0.2) is 62.3 Å². The first kappa shape index (κ1) is 22.8. The van der Waals surface area contributed by atoms with Crippen LogP contribution in [0.4, 0.5) is 5.13 Å². The molecule has 6 nitrogen and oxygen atoms in total. The SMILES string of the molecule is CCc1cccc2sc(N(CCN3CCOCC3)C(=O)c3cc4ccccc4cc3OC)nc12. The van der Waals surface area contributed by atoms with Crippen LogP contribution in [-0.2, 0) is 11.2 Å². The van der Waals surface area contributed by atoms with Crippen LogP contribution >= 0.6 is 11.3 Å². The summed E-state index contributed by atoms with van der Waals surface area (Å²) in [6, 6.07) is 18.2. The first-order valence-electron chi connectivity index (χ1n) is 11.7. The zero-order valence-corrected chi connectivity index (χ0v) is 20.4. The predicted molar refractivity (Wildman–Crippen MR) is 138 cm³/mol. The summed E-state index contributed by atoms with van der Waals surface area (Å²) >= 11 is 1.57. The summed E-state index contributed by atoms with van der Waals surface area (Å²) in [4.78, 5) is 23.2. The fourth-order valence-electron chi connectivity index (χ4n) is 4.45. The number of fused-ring (bicyclic) bond motifs is 2. The number of thiazole rings is 1. The van der Waals surface area contributed by atoms with Crippen molar-refractivity contribution in [1.29, 1.82) is 0 Å². The number of aromatic nitrogens is 1. The Balaban J connectivity index is 1.55. The van der Waals surface area contributed by atoms with Crippen LogP contribution in [0.1, 0.15) is 22.8 Å². The van der Waals surface area contributed by atoms with Crippen LogP contribution in [0.15, 0.2) is 54.6 Å². The van der Waals surface area contributed by atoms with Gasteiger partial charge in [0.05, 0.1) is 36.1 Å². The lowest BCUT2D eigenvalue weighted by atomic mass is 10.0. The number of carbonyl (C=O) groups is 1. The van der Waals surface area contributed by atoms with Crippen molar-refractivity contribution in [3.63, 3.8) is 0 Å². The van der Waals surface area contributed by atoms with Gasteiger partial charge in [-0.3, -0.25) is 14.6 Å². The van der Waals surface area contributed by atoms with Crippen molar-refractivity contribution in [2.24, 2.45) is 0 Å². The van der Waals surface area contributed by atoms with Crippen LogP contribution in [0.25, 0.3) is 21.0 Å². The number of aryl methyl sites for hydroxylation is 1. The van der Waals surface area contributed by atoms with E-state index in [1.807, 2.05) is 41.3 Å². The van der Waals surface area contributed by atoms with Crippen molar-refractivity contribution in [2.45, 2.75) is 13.3 Å². The standard InChI is InChI=1S/C27H29N3O3S/c1-3-19-9-6-10-24-25(19)28-27(34-24)30(12-11-29-13-15-33-16-14-29)26(31)22-17-20-7-4-5-8-21(20)18-23(22)32-2/h4-10,17-18H,3,11-16H2,1-2H3. The Bertz CT molecular complexity index is 1310. The maximum absolute atomic E-state index is 14.0. The minimum absolute atomic E-state index is 0.0898. The number of hydrogen-bond donors (Lipinski definition) is 0. The van der Waals surface area contributed by atoms with Crippen molar-refractivity contribution in [2.75, 3.05) is 51.4 Å². The van der Waals surface area contributed by atoms with E-state index in [0.717, 1.165) is 65.4 Å². The molecule has 0 aliphatic carbocycles. The van der Waals surface area contributed by atoms with Crippen LogP contribution < -0.4 is 9.64 Å². The van der Waals surface area contributed by atoms with E-state index in [1.54, 1.807) is 18.4 Å². The lowest BCUT2D eigenvalue weighted by Gasteiger charge is -2.29. The zero-order valence-electron chi connectivity index (χ0n) is 19.6. The summed E-state index contributed by atoms with van der Waals surface area (Å²) in [5, 5.41) is 2.78. The highest BCUT2D eigenvalue weighted by Gasteiger charge is 2.26. The molecule has 0 saturated carbocycles. The van der Waals surface area contributed by atoms with E-state index in [9.17, 15) is 4.79 Å². The fraction of sp³-hybridized carbons (Fsp3) is 0.333. The maximum atomic E-state index is 14.0. The summed E-state index contributed by atoms with van der Waals surface area (Å²) in [6.45, 7) is 6.66. The Morgan fingerprint density at radius 1 is 1.12 bits per heavy atom. The normalized spacial score (nSPS) is 14.5. The Morgan fingerprint density at radius 3 is 2.62 bits per heavy atom. The number of anilines is 1. The largest absolute Gasteiger partial charge is 0.496 e. The van der Waals surface area contributed by atoms with E-state index >= 15 is 0 Å². The number of carbonyl (C=O) groups excluding carboxylic acids is 1. The monoisotopic (exact) mass is 475 g/mol. The Labute approximate surface area is 203 Å². The molecule has 176 valence electrons. The Morgan fingerprint density at radius 2 is 1.88 bits per heavy atom. The number of morpholine rings is 1. The number of amides is 1. The van der Waals surface area contributed by atoms with Gasteiger partial charge in [0.15, 0.2) is 5.13 Å². The highest BCUT2D eigenvalue weighted by Crippen LogP contribution is 2.34. The molecule has 3 aromatic carbocycles. The van der Waals surface area contributed by atoms with Gasteiger partial charge in [0, 0.05) is 26.2 Å². The predicted octanol–water partition coefficient (Wildman–Crippen LogP) is 5.00. The van der Waals surface area contributed by atoms with Crippen LogP contribution in [0.2, 0.25) is 0 Å². The molecule has 1 saturated heterocycles. The zero-order chi connectivity index (χ0) is 23.5. The van der Waals surface area contributed by atoms with Gasteiger partial charge in [-0.05, 0) is 41.0 Å². The Hall–Kier alpha value is -3.00. The van der Waals surface area contributed by atoms with Crippen molar-refractivity contribution < 1.29 is 14.3 Å². The lowest BCUT2D eigenvalue weighted by Crippen LogP contribution is -2.43. The van der Waals surface area contributed by atoms with E-state index in [-0.39, 0.29) is 5.91 Å². The third-order valence-corrected chi connectivity index (χ3v) is 7.43. The van der Waals surface area contributed by atoms with Crippen molar-refractivity contribution in [1.82, 2.24) is 9.88 Å². The molecule has 0 N–H and O–H groups in total. The van der Waals surface area contributed by atoms with E-state index < -0.39 is 0 Å². The molecular formula is C27H29N3O3S. The van der Waals surface area contributed by atoms with Gasteiger partial charge in [-0.25, -0.2) is 4.98 Å². The summed E-state index contributed by atoms with van der Waals surface area (Å²) in [5.41, 5.74) is 2.74. The van der Waals surface area contributed by atoms with Gasteiger partial charge < -0.3 is 9.47 Å². The van der Waals surface area contributed by atoms with Gasteiger partial charge in [-0.2, -0.15) is 0 Å². The second-order valence-corrected chi connectivity index (χ2v) is 9.43. The fourth-order valence-corrected chi connectivity index (χ4v) is 5.48. The topological polar surface area (TPSA) is 54.9 Å². The average molecular weight is 476 g/mol. The molecule has 5 rings (SSSR count). The first-order chi connectivity index (χ1) is 16.7. The summed E-state index contributed by atoms with van der Waals surface area (Å²) in [7, 11) is 1.62. The van der Waals surface area contributed by atoms with Gasteiger partial charge >= 0.3 is 0 Å². The number of ether oxygens (including phenoxy) is 2. The first-order valence-corrected chi connectivity index (χ1v) is 12.6. The highest BCUT2D eigenvalue weighted by molar-refractivity contribution is 7.22. The van der Waals surface area contributed by atoms with Gasteiger partial charge in [0.1, 0.15) is 5.75 Å². The molecule has 0 bridgehead atoms. The van der Waals surface area contributed by atoms with E-state index in [0.29, 0.717) is 17.9 Å². The molecule has 34 heavy (non-hydrogen) atoms. The second kappa shape index (κ2) is 10.1. The second-order valence-electron chi connectivity index (χ2n) is 8.42. The molecule has 1 amide bonds. The third-order valence-electron chi connectivity index (χ3n) is 6.39. The molecule has 4 aromatic rings. The molecular weight excluding hydrogens is 446 g/mol. The van der Waals surface area contributed by atoms with Gasteiger partial charge in [-0.15, -0.1) is 0 Å². The van der Waals surface area contributed by atoms with Gasteiger partial charge in [0.25, 0.3) is 5.91 Å². The lowest BCUT2D eigenvalue weighted by molar-refractivity contribution is 0.0391. The van der Waals surface area contributed by atoms with Gasteiger partial charge in [0.2, 0.25) is 0 Å². The molecule has 1 fully saturated rings. The minimum atomic E-state index is -0.0898. The number of para-hydroxylation sites is 1. The maximum Gasteiger partial charge on any atom is 0.263 e. The average Bonchev–Trinajstić information content (AvgIpc) is 3.32. The number of benzene rings is 3. The van der Waals surface area contributed by atoms with Crippen molar-refractivity contribution >= 4 is 43.4 Å². The molecule has 0 unspecified atom stereocenters. The van der Waals surface area contributed by atoms with Crippen molar-refractivity contribution in [3.05, 3.63) is 65.7 Å². The van der Waals surface area contributed by atoms with Crippen molar-refractivity contribution in [3.8, 4) is 5.75 Å². The summed E-state index contributed by atoms with van der Waals surface area (Å²) in [6.07, 6.45) is 0.904. The molecule has 0 spiro atoms. The van der Waals surface area contributed by atoms with Crippen LogP contribution in [0, 0.1) is 0 Å². The molecule has 2 heterocycles. The molecule has 0 atom stereocenters. The molecule has 1 aliphatic heterocycles. The number of methoxy groups -OCH3 is 1. The molecule has 7 heteroatoms. The van der Waals surface area contributed by atoms with Crippen LogP contribution in [0.3, 0.4) is 0 Å². The minimum Gasteiger partial charge on any atom is -0.496 e. The van der Waals surface area contributed by atoms with Crippen LogP contribution in [0.5, 0.6) is 5.75 Å². The number of rotatable bonds is 7. The number of hydrogen-bond acceptors (Lipinski definition) is 6. The highest BCUT2D eigenvalue weighted by atomic mass is 32.1. The van der Waals surface area contributed by atoms with E-state index in [1.165, 1.54) is 5.56 Å². The third kappa shape index (κ3) is 4.51. The van der Waals surface area contributed by atoms with E-state index in [4.69, 9.17) is 14.5 Å². The molecule has 1 aromatic heterocycles.